The highest BCUT2D eigenvalue weighted by molar-refractivity contribution is 6.31. The van der Waals surface area contributed by atoms with E-state index >= 15 is 0 Å². The Bertz CT molecular complexity index is 1020. The number of halogens is 2. The Labute approximate surface area is 180 Å². The number of hydrogen-bond donors (Lipinski definition) is 2. The molecule has 2 atom stereocenters. The van der Waals surface area contributed by atoms with E-state index in [0.29, 0.717) is 30.3 Å². The SMILES string of the molecule is C[C@@H]1CN([C@H](CNC(=O)Cc2c[nH]c3ccccc23)c2c(F)cccc2Cl)CCO1. The predicted octanol–water partition coefficient (Wildman–Crippen LogP) is 4.08. The van der Waals surface area contributed by atoms with Crippen molar-refractivity contribution in [3.8, 4) is 0 Å². The standard InChI is InChI=1S/C23H25ClFN3O2/c1-15-14-28(9-10-30-15)21(23-18(24)6-4-7-19(23)25)13-27-22(29)11-16-12-26-20-8-3-2-5-17(16)20/h2-8,12,15,21,26H,9-11,13-14H2,1H3,(H,27,29)/t15-,21-/m1/s1. The van der Waals surface area contributed by atoms with Crippen LogP contribution in [0.4, 0.5) is 4.39 Å². The van der Waals surface area contributed by atoms with Gasteiger partial charge >= 0.3 is 0 Å². The van der Waals surface area contributed by atoms with Gasteiger partial charge in [-0.3, -0.25) is 9.69 Å². The van der Waals surface area contributed by atoms with Gasteiger partial charge in [-0.2, -0.15) is 0 Å². The number of nitrogens with zero attached hydrogens (tertiary/aromatic N) is 1. The van der Waals surface area contributed by atoms with Crippen LogP contribution in [-0.2, 0) is 16.0 Å². The predicted molar refractivity (Wildman–Crippen MR) is 116 cm³/mol. The number of ether oxygens (including phenoxy) is 1. The van der Waals surface area contributed by atoms with Crippen LogP contribution in [0, 0.1) is 5.82 Å². The molecule has 0 spiro atoms. The second-order valence-corrected chi connectivity index (χ2v) is 8.08. The van der Waals surface area contributed by atoms with Crippen LogP contribution in [0.2, 0.25) is 5.02 Å². The minimum Gasteiger partial charge on any atom is -0.376 e. The average Bonchev–Trinajstić information content (AvgIpc) is 3.13. The molecule has 4 rings (SSSR count). The molecule has 1 fully saturated rings. The maximum atomic E-state index is 14.7. The first-order valence-electron chi connectivity index (χ1n) is 10.1. The van der Waals surface area contributed by atoms with Gasteiger partial charge in [0.15, 0.2) is 0 Å². The Kier molecular flexibility index (Phi) is 6.37. The Balaban J connectivity index is 1.51. The molecule has 2 N–H and O–H groups in total. The molecule has 0 bridgehead atoms. The highest BCUT2D eigenvalue weighted by Gasteiger charge is 2.29. The molecular formula is C23H25ClFN3O2. The fraction of sp³-hybridized carbons (Fsp3) is 0.348. The number of fused-ring (bicyclic) bond motifs is 1. The van der Waals surface area contributed by atoms with Crippen LogP contribution in [-0.4, -0.2) is 48.1 Å². The van der Waals surface area contributed by atoms with Crippen molar-refractivity contribution in [3.05, 3.63) is 70.6 Å². The van der Waals surface area contributed by atoms with E-state index in [0.717, 1.165) is 16.5 Å². The van der Waals surface area contributed by atoms with Crippen LogP contribution in [0.25, 0.3) is 10.9 Å². The van der Waals surface area contributed by atoms with Crippen LogP contribution in [0.1, 0.15) is 24.1 Å². The van der Waals surface area contributed by atoms with Crippen LogP contribution < -0.4 is 5.32 Å². The van der Waals surface area contributed by atoms with Crippen LogP contribution in [0.3, 0.4) is 0 Å². The Morgan fingerprint density at radius 3 is 2.97 bits per heavy atom. The maximum absolute atomic E-state index is 14.7. The van der Waals surface area contributed by atoms with E-state index in [2.05, 4.69) is 15.2 Å². The first-order chi connectivity index (χ1) is 14.5. The third-order valence-corrected chi connectivity index (χ3v) is 5.89. The molecule has 30 heavy (non-hydrogen) atoms. The molecular weight excluding hydrogens is 405 g/mol. The molecule has 0 aliphatic carbocycles. The number of aromatic amines is 1. The summed E-state index contributed by atoms with van der Waals surface area (Å²) in [5.41, 5.74) is 2.35. The average molecular weight is 430 g/mol. The lowest BCUT2D eigenvalue weighted by atomic mass is 10.0. The Hall–Kier alpha value is -2.41. The minimum absolute atomic E-state index is 0.0359. The zero-order valence-electron chi connectivity index (χ0n) is 16.8. The van der Waals surface area contributed by atoms with E-state index in [1.165, 1.54) is 6.07 Å². The number of H-pyrrole nitrogens is 1. The van der Waals surface area contributed by atoms with Gasteiger partial charge in [-0.15, -0.1) is 0 Å². The molecule has 5 nitrogen and oxygen atoms in total. The van der Waals surface area contributed by atoms with E-state index in [1.54, 1.807) is 12.1 Å². The van der Waals surface area contributed by atoms with Crippen molar-refractivity contribution in [2.24, 2.45) is 0 Å². The summed E-state index contributed by atoms with van der Waals surface area (Å²) in [6.45, 7) is 4.12. The largest absolute Gasteiger partial charge is 0.376 e. The second-order valence-electron chi connectivity index (χ2n) is 7.67. The van der Waals surface area contributed by atoms with Gasteiger partial charge < -0.3 is 15.0 Å². The Morgan fingerprint density at radius 2 is 2.17 bits per heavy atom. The van der Waals surface area contributed by atoms with Gasteiger partial charge in [-0.05, 0) is 30.7 Å². The monoisotopic (exact) mass is 429 g/mol. The molecule has 1 aliphatic heterocycles. The second kappa shape index (κ2) is 9.16. The van der Waals surface area contributed by atoms with E-state index in [-0.39, 0.29) is 36.8 Å². The molecule has 1 amide bonds. The molecule has 3 aromatic rings. The van der Waals surface area contributed by atoms with Crippen molar-refractivity contribution in [1.29, 1.82) is 0 Å². The first-order valence-corrected chi connectivity index (χ1v) is 10.5. The molecule has 1 aromatic heterocycles. The van der Waals surface area contributed by atoms with E-state index in [4.69, 9.17) is 16.3 Å². The lowest BCUT2D eigenvalue weighted by Crippen LogP contribution is -2.47. The van der Waals surface area contributed by atoms with Gasteiger partial charge in [0.2, 0.25) is 5.91 Å². The summed E-state index contributed by atoms with van der Waals surface area (Å²) >= 11 is 6.36. The molecule has 0 saturated carbocycles. The number of hydrogen-bond acceptors (Lipinski definition) is 3. The van der Waals surface area contributed by atoms with Gasteiger partial charge in [0, 0.05) is 47.3 Å². The third-order valence-electron chi connectivity index (χ3n) is 5.56. The third kappa shape index (κ3) is 4.51. The van der Waals surface area contributed by atoms with E-state index in [9.17, 15) is 9.18 Å². The molecule has 2 aromatic carbocycles. The topological polar surface area (TPSA) is 57.4 Å². The van der Waals surface area contributed by atoms with Crippen LogP contribution in [0.15, 0.2) is 48.7 Å². The highest BCUT2D eigenvalue weighted by atomic mass is 35.5. The fourth-order valence-electron chi connectivity index (χ4n) is 4.10. The van der Waals surface area contributed by atoms with Crippen LogP contribution >= 0.6 is 11.6 Å². The lowest BCUT2D eigenvalue weighted by molar-refractivity contribution is -0.120. The normalized spacial score (nSPS) is 18.4. The van der Waals surface area contributed by atoms with Crippen molar-refractivity contribution in [2.75, 3.05) is 26.2 Å². The van der Waals surface area contributed by atoms with Crippen molar-refractivity contribution in [2.45, 2.75) is 25.5 Å². The number of para-hydroxylation sites is 1. The summed E-state index contributed by atoms with van der Waals surface area (Å²) in [6, 6.07) is 12.2. The van der Waals surface area contributed by atoms with E-state index in [1.807, 2.05) is 37.4 Å². The number of morpholine rings is 1. The molecule has 1 saturated heterocycles. The number of benzene rings is 2. The number of carbonyl (C=O) groups is 1. The summed E-state index contributed by atoms with van der Waals surface area (Å²) in [4.78, 5) is 18.0. The summed E-state index contributed by atoms with van der Waals surface area (Å²) in [5, 5.41) is 4.39. The number of amides is 1. The molecule has 2 heterocycles. The fourth-order valence-corrected chi connectivity index (χ4v) is 4.38. The summed E-state index contributed by atoms with van der Waals surface area (Å²) < 4.78 is 20.3. The van der Waals surface area contributed by atoms with Gasteiger partial charge in [-0.1, -0.05) is 35.9 Å². The lowest BCUT2D eigenvalue weighted by Gasteiger charge is -2.38. The van der Waals surface area contributed by atoms with Crippen molar-refractivity contribution in [3.63, 3.8) is 0 Å². The van der Waals surface area contributed by atoms with Gasteiger partial charge in [0.1, 0.15) is 5.82 Å². The smallest absolute Gasteiger partial charge is 0.224 e. The molecule has 7 heteroatoms. The number of nitrogens with one attached hydrogen (secondary N) is 2. The molecule has 0 unspecified atom stereocenters. The summed E-state index contributed by atoms with van der Waals surface area (Å²) in [7, 11) is 0. The van der Waals surface area contributed by atoms with Gasteiger partial charge in [0.05, 0.1) is 25.2 Å². The van der Waals surface area contributed by atoms with E-state index < -0.39 is 0 Å². The molecule has 1 aliphatic rings. The van der Waals surface area contributed by atoms with Crippen molar-refractivity contribution >= 4 is 28.4 Å². The minimum atomic E-state index is -0.364. The highest BCUT2D eigenvalue weighted by Crippen LogP contribution is 2.31. The zero-order chi connectivity index (χ0) is 21.1. The van der Waals surface area contributed by atoms with Crippen LogP contribution in [0.5, 0.6) is 0 Å². The first kappa shape index (κ1) is 20.8. The zero-order valence-corrected chi connectivity index (χ0v) is 17.6. The molecule has 0 radical (unpaired) electrons. The number of carbonyl (C=O) groups excluding carboxylic acids is 1. The molecule has 158 valence electrons. The quantitative estimate of drug-likeness (QED) is 0.620. The van der Waals surface area contributed by atoms with Gasteiger partial charge in [-0.25, -0.2) is 4.39 Å². The summed E-state index contributed by atoms with van der Waals surface area (Å²) in [5.74, 6) is -0.476. The van der Waals surface area contributed by atoms with Gasteiger partial charge in [0.25, 0.3) is 0 Å². The number of rotatable bonds is 6. The summed E-state index contributed by atoms with van der Waals surface area (Å²) in [6.07, 6.45) is 2.15. The Morgan fingerprint density at radius 1 is 1.33 bits per heavy atom. The van der Waals surface area contributed by atoms with Crippen molar-refractivity contribution < 1.29 is 13.9 Å². The number of aromatic nitrogens is 1. The maximum Gasteiger partial charge on any atom is 0.224 e. The van der Waals surface area contributed by atoms with Crippen molar-refractivity contribution in [1.82, 2.24) is 15.2 Å².